The van der Waals surface area contributed by atoms with Crippen molar-refractivity contribution in [2.45, 2.75) is 11.8 Å². The van der Waals surface area contributed by atoms with Crippen LogP contribution >= 0.6 is 15.9 Å². The Morgan fingerprint density at radius 3 is 2.31 bits per heavy atom. The van der Waals surface area contributed by atoms with Gasteiger partial charge in [-0.25, -0.2) is 8.42 Å². The zero-order valence-electron chi connectivity index (χ0n) is 18.1. The van der Waals surface area contributed by atoms with Crippen molar-refractivity contribution in [3.8, 4) is 0 Å². The molecule has 0 aliphatic heterocycles. The number of aryl methyl sites for hydroxylation is 1. The highest BCUT2D eigenvalue weighted by atomic mass is 79.9. The van der Waals surface area contributed by atoms with Crippen molar-refractivity contribution >= 4 is 54.3 Å². The number of ketones is 1. The van der Waals surface area contributed by atoms with Crippen molar-refractivity contribution in [1.82, 2.24) is 0 Å². The highest BCUT2D eigenvalue weighted by Crippen LogP contribution is 2.27. The SMILES string of the molecule is Cc1ccc2occ(/C=C(/C(=O)c3ccc([N+](=O)[O-])cc3)S(=O)(=O)c3ccc(Br)cc3)c(=O)c2c1. The van der Waals surface area contributed by atoms with E-state index in [1.54, 1.807) is 25.1 Å². The number of halogens is 1. The first kappa shape index (κ1) is 24.2. The lowest BCUT2D eigenvalue weighted by molar-refractivity contribution is -0.384. The lowest BCUT2D eigenvalue weighted by Gasteiger charge is -2.10. The molecule has 0 unspecified atom stereocenters. The maximum atomic E-state index is 13.5. The highest BCUT2D eigenvalue weighted by molar-refractivity contribution is 9.10. The number of allylic oxidation sites excluding steroid dienone is 1. The normalized spacial score (nSPS) is 12.0. The molecule has 0 bridgehead atoms. The second-order valence-corrected chi connectivity index (χ2v) is 10.5. The van der Waals surface area contributed by atoms with E-state index in [1.165, 1.54) is 24.3 Å². The number of nitro benzene ring substituents is 1. The molecular weight excluding hydrogens is 538 g/mol. The Labute approximate surface area is 207 Å². The van der Waals surface area contributed by atoms with Crippen LogP contribution < -0.4 is 5.43 Å². The topological polar surface area (TPSA) is 125 Å². The van der Waals surface area contributed by atoms with Gasteiger partial charge in [0.1, 0.15) is 16.8 Å². The van der Waals surface area contributed by atoms with Crippen LogP contribution in [0.3, 0.4) is 0 Å². The quantitative estimate of drug-likeness (QED) is 0.134. The van der Waals surface area contributed by atoms with Gasteiger partial charge < -0.3 is 4.42 Å². The van der Waals surface area contributed by atoms with E-state index in [0.717, 1.165) is 42.2 Å². The number of hydrogen-bond acceptors (Lipinski definition) is 7. The fraction of sp³-hybridized carbons (Fsp3) is 0.0400. The van der Waals surface area contributed by atoms with E-state index in [-0.39, 0.29) is 27.1 Å². The molecule has 8 nitrogen and oxygen atoms in total. The summed E-state index contributed by atoms with van der Waals surface area (Å²) in [5, 5.41) is 11.2. The van der Waals surface area contributed by atoms with E-state index in [9.17, 15) is 28.1 Å². The smallest absolute Gasteiger partial charge is 0.269 e. The Bertz CT molecular complexity index is 1670. The van der Waals surface area contributed by atoms with Crippen molar-refractivity contribution in [2.24, 2.45) is 0 Å². The average molecular weight is 554 g/mol. The Hall–Kier alpha value is -3.89. The summed E-state index contributed by atoms with van der Waals surface area (Å²) >= 11 is 3.24. The summed E-state index contributed by atoms with van der Waals surface area (Å²) in [6.45, 7) is 1.79. The molecule has 1 heterocycles. The van der Waals surface area contributed by atoms with Crippen LogP contribution in [0.4, 0.5) is 5.69 Å². The molecule has 3 aromatic carbocycles. The van der Waals surface area contributed by atoms with Gasteiger partial charge in [-0.05, 0) is 61.5 Å². The number of nitro groups is 1. The van der Waals surface area contributed by atoms with Crippen molar-refractivity contribution in [3.05, 3.63) is 119 Å². The van der Waals surface area contributed by atoms with E-state index < -0.39 is 30.9 Å². The molecule has 0 amide bonds. The van der Waals surface area contributed by atoms with Gasteiger partial charge in [0.25, 0.3) is 5.69 Å². The van der Waals surface area contributed by atoms with Gasteiger partial charge in [0.2, 0.25) is 15.6 Å². The average Bonchev–Trinajstić information content (AvgIpc) is 2.84. The lowest BCUT2D eigenvalue weighted by Crippen LogP contribution is -2.16. The van der Waals surface area contributed by atoms with Crippen LogP contribution in [0.5, 0.6) is 0 Å². The number of Topliss-reactive ketones (excluding diaryl/α,β-unsaturated/α-hetero) is 1. The van der Waals surface area contributed by atoms with Crippen LogP contribution in [-0.2, 0) is 9.84 Å². The maximum absolute atomic E-state index is 13.5. The molecule has 1 aromatic heterocycles. The number of non-ortho nitro benzene ring substituents is 1. The molecule has 0 aliphatic rings. The zero-order valence-corrected chi connectivity index (χ0v) is 20.5. The molecule has 0 N–H and O–H groups in total. The first-order chi connectivity index (χ1) is 16.6. The minimum atomic E-state index is -4.39. The van der Waals surface area contributed by atoms with Gasteiger partial charge in [-0.2, -0.15) is 0 Å². The van der Waals surface area contributed by atoms with E-state index in [4.69, 9.17) is 4.42 Å². The third-order valence-electron chi connectivity index (χ3n) is 5.22. The molecule has 10 heteroatoms. The van der Waals surface area contributed by atoms with Gasteiger partial charge in [-0.1, -0.05) is 27.6 Å². The van der Waals surface area contributed by atoms with E-state index >= 15 is 0 Å². The summed E-state index contributed by atoms with van der Waals surface area (Å²) in [6.07, 6.45) is 2.08. The van der Waals surface area contributed by atoms with Crippen LogP contribution in [-0.4, -0.2) is 19.1 Å². The van der Waals surface area contributed by atoms with Gasteiger partial charge in [-0.15, -0.1) is 0 Å². The van der Waals surface area contributed by atoms with E-state index in [1.807, 2.05) is 0 Å². The van der Waals surface area contributed by atoms with Crippen molar-refractivity contribution in [3.63, 3.8) is 0 Å². The van der Waals surface area contributed by atoms with Crippen LogP contribution in [0.25, 0.3) is 17.0 Å². The van der Waals surface area contributed by atoms with Gasteiger partial charge in [0.05, 0.1) is 20.8 Å². The van der Waals surface area contributed by atoms with Crippen molar-refractivity contribution < 1.29 is 22.6 Å². The van der Waals surface area contributed by atoms with Crippen LogP contribution in [0.15, 0.2) is 96.5 Å². The van der Waals surface area contributed by atoms with Crippen LogP contribution in [0, 0.1) is 17.0 Å². The number of sulfone groups is 1. The number of fused-ring (bicyclic) bond motifs is 1. The third kappa shape index (κ3) is 4.84. The molecule has 4 aromatic rings. The van der Waals surface area contributed by atoms with Crippen molar-refractivity contribution in [1.29, 1.82) is 0 Å². The second-order valence-electron chi connectivity index (χ2n) is 7.62. The minimum Gasteiger partial charge on any atom is -0.463 e. The summed E-state index contributed by atoms with van der Waals surface area (Å²) in [6, 6.07) is 15.2. The number of hydrogen-bond donors (Lipinski definition) is 0. The number of nitrogens with zero attached hydrogens (tertiary/aromatic N) is 1. The highest BCUT2D eigenvalue weighted by Gasteiger charge is 2.29. The Morgan fingerprint density at radius 2 is 1.69 bits per heavy atom. The summed E-state index contributed by atoms with van der Waals surface area (Å²) in [5.74, 6) is -0.924. The first-order valence-corrected chi connectivity index (χ1v) is 12.4. The third-order valence-corrected chi connectivity index (χ3v) is 7.52. The summed E-state index contributed by atoms with van der Waals surface area (Å²) in [4.78, 5) is 36.0. The molecule has 0 fully saturated rings. The molecule has 0 radical (unpaired) electrons. The molecule has 35 heavy (non-hydrogen) atoms. The molecule has 0 atom stereocenters. The summed E-state index contributed by atoms with van der Waals surface area (Å²) < 4.78 is 33.2. The second kappa shape index (κ2) is 9.40. The molecule has 0 saturated carbocycles. The van der Waals surface area contributed by atoms with Gasteiger partial charge >= 0.3 is 0 Å². The predicted molar refractivity (Wildman–Crippen MR) is 134 cm³/mol. The molecular formula is C25H16BrNO7S. The minimum absolute atomic E-state index is 0.0939. The van der Waals surface area contributed by atoms with Gasteiger partial charge in [0.15, 0.2) is 5.43 Å². The van der Waals surface area contributed by atoms with Gasteiger partial charge in [-0.3, -0.25) is 19.7 Å². The Morgan fingerprint density at radius 1 is 1.03 bits per heavy atom. The maximum Gasteiger partial charge on any atom is 0.269 e. The zero-order chi connectivity index (χ0) is 25.3. The summed E-state index contributed by atoms with van der Waals surface area (Å²) in [7, 11) is -4.39. The fourth-order valence-corrected chi connectivity index (χ4v) is 5.04. The lowest BCUT2D eigenvalue weighted by atomic mass is 10.1. The summed E-state index contributed by atoms with van der Waals surface area (Å²) in [5.41, 5.74) is 0.133. The Balaban J connectivity index is 1.93. The van der Waals surface area contributed by atoms with Crippen LogP contribution in [0.2, 0.25) is 0 Å². The van der Waals surface area contributed by atoms with E-state index in [2.05, 4.69) is 15.9 Å². The monoisotopic (exact) mass is 553 g/mol. The molecule has 0 spiro atoms. The Kier molecular flexibility index (Phi) is 6.51. The molecule has 0 aliphatic carbocycles. The standard InChI is InChI=1S/C25H16BrNO7S/c1-15-2-11-22-21(12-15)24(28)17(14-34-22)13-23(35(32,33)20-9-5-18(26)6-10-20)25(29)16-3-7-19(8-4-16)27(30)31/h2-14H,1H3/b23-13-. The van der Waals surface area contributed by atoms with Gasteiger partial charge in [0, 0.05) is 22.2 Å². The first-order valence-electron chi connectivity index (χ1n) is 10.1. The molecule has 176 valence electrons. The predicted octanol–water partition coefficient (Wildman–Crippen LogP) is 5.47. The molecule has 4 rings (SSSR count). The number of benzene rings is 3. The number of rotatable bonds is 6. The number of carbonyl (C=O) groups excluding carboxylic acids is 1. The molecule has 0 saturated heterocycles. The fourth-order valence-electron chi connectivity index (χ4n) is 3.38. The van der Waals surface area contributed by atoms with Crippen molar-refractivity contribution in [2.75, 3.05) is 0 Å². The van der Waals surface area contributed by atoms with E-state index in [0.29, 0.717) is 10.1 Å². The number of carbonyl (C=O) groups is 1. The largest absolute Gasteiger partial charge is 0.463 e. The van der Waals surface area contributed by atoms with Crippen LogP contribution in [0.1, 0.15) is 21.5 Å².